The van der Waals surface area contributed by atoms with Crippen molar-refractivity contribution in [3.05, 3.63) is 53.5 Å². The fourth-order valence-corrected chi connectivity index (χ4v) is 4.57. The number of fused-ring (bicyclic) bond motifs is 1. The minimum Gasteiger partial charge on any atom is -0.480 e. The van der Waals surface area contributed by atoms with Crippen molar-refractivity contribution in [1.29, 1.82) is 0 Å². The fraction of sp³-hybridized carbons (Fsp3) is 0.571. The van der Waals surface area contributed by atoms with E-state index in [2.05, 4.69) is 27.8 Å². The molecule has 1 aliphatic heterocycles. The van der Waals surface area contributed by atoms with Gasteiger partial charge >= 0.3 is 5.97 Å². The zero-order valence-corrected chi connectivity index (χ0v) is 22.4. The van der Waals surface area contributed by atoms with Crippen LogP contribution in [0.25, 0.3) is 0 Å². The van der Waals surface area contributed by atoms with E-state index < -0.39 is 30.7 Å². The molecule has 3 heterocycles. The van der Waals surface area contributed by atoms with Crippen molar-refractivity contribution in [3.63, 3.8) is 0 Å². The molecule has 0 bridgehead atoms. The van der Waals surface area contributed by atoms with Gasteiger partial charge in [0.05, 0.1) is 12.0 Å². The molecule has 3 atom stereocenters. The zero-order valence-electron chi connectivity index (χ0n) is 22.4. The molecular formula is C28H40FN5O4. The summed E-state index contributed by atoms with van der Waals surface area (Å²) < 4.78 is 18.6. The van der Waals surface area contributed by atoms with Crippen molar-refractivity contribution in [1.82, 2.24) is 20.2 Å². The highest BCUT2D eigenvalue weighted by Gasteiger charge is 2.25. The van der Waals surface area contributed by atoms with E-state index in [1.54, 1.807) is 31.5 Å². The van der Waals surface area contributed by atoms with Crippen LogP contribution in [0.4, 0.5) is 10.2 Å². The summed E-state index contributed by atoms with van der Waals surface area (Å²) in [5, 5.41) is 15.8. The maximum absolute atomic E-state index is 13.4. The van der Waals surface area contributed by atoms with Gasteiger partial charge in [-0.2, -0.15) is 0 Å². The number of hydrogen-bond donors (Lipinski definition) is 3. The van der Waals surface area contributed by atoms with E-state index in [-0.39, 0.29) is 12.3 Å². The Kier molecular flexibility index (Phi) is 11.9. The Morgan fingerprint density at radius 2 is 2.11 bits per heavy atom. The lowest BCUT2D eigenvalue weighted by atomic mass is 10.0. The van der Waals surface area contributed by atoms with Crippen molar-refractivity contribution in [2.75, 3.05) is 45.3 Å². The predicted octanol–water partition coefficient (Wildman–Crippen LogP) is 3.21. The van der Waals surface area contributed by atoms with E-state index in [1.165, 1.54) is 12.7 Å². The quantitative estimate of drug-likeness (QED) is 0.284. The molecule has 38 heavy (non-hydrogen) atoms. The summed E-state index contributed by atoms with van der Waals surface area (Å²) in [6.45, 7) is 3.44. The van der Waals surface area contributed by atoms with Crippen molar-refractivity contribution >= 4 is 17.7 Å². The number of nitrogens with zero attached hydrogens (tertiary/aromatic N) is 3. The largest absolute Gasteiger partial charge is 0.480 e. The van der Waals surface area contributed by atoms with Gasteiger partial charge in [0.25, 0.3) is 0 Å². The minimum absolute atomic E-state index is 0.196. The van der Waals surface area contributed by atoms with Gasteiger partial charge < -0.3 is 25.4 Å². The van der Waals surface area contributed by atoms with Crippen LogP contribution in [0.2, 0.25) is 0 Å². The summed E-state index contributed by atoms with van der Waals surface area (Å²) in [6.07, 6.45) is 7.58. The Balaban J connectivity index is 1.52. The monoisotopic (exact) mass is 529 g/mol. The second-order valence-corrected chi connectivity index (χ2v) is 9.81. The number of unbranched alkanes of at least 4 members (excludes halogenated alkanes) is 1. The van der Waals surface area contributed by atoms with Crippen LogP contribution in [0.5, 0.6) is 0 Å². The molecule has 1 aliphatic rings. The summed E-state index contributed by atoms with van der Waals surface area (Å²) >= 11 is 0. The average molecular weight is 530 g/mol. The number of amides is 1. The highest BCUT2D eigenvalue weighted by molar-refractivity contribution is 5.87. The van der Waals surface area contributed by atoms with E-state index in [0.29, 0.717) is 25.2 Å². The molecule has 3 rings (SSSR count). The number of carbonyl (C=O) groups is 2. The fourth-order valence-electron chi connectivity index (χ4n) is 4.57. The number of pyridine rings is 2. The van der Waals surface area contributed by atoms with Crippen LogP contribution >= 0.6 is 0 Å². The number of aryl methyl sites for hydroxylation is 2. The number of rotatable bonds is 16. The number of methoxy groups -OCH3 is 1. The molecule has 1 amide bonds. The van der Waals surface area contributed by atoms with Gasteiger partial charge in [0, 0.05) is 44.8 Å². The second kappa shape index (κ2) is 15.3. The van der Waals surface area contributed by atoms with E-state index in [4.69, 9.17) is 9.72 Å². The smallest absolute Gasteiger partial charge is 0.326 e. The Bertz CT molecular complexity index is 1020. The molecule has 2 aromatic rings. The van der Waals surface area contributed by atoms with E-state index >= 15 is 0 Å². The van der Waals surface area contributed by atoms with Gasteiger partial charge in [-0.3, -0.25) is 9.78 Å². The zero-order chi connectivity index (χ0) is 27.3. The summed E-state index contributed by atoms with van der Waals surface area (Å²) in [4.78, 5) is 35.4. The maximum atomic E-state index is 13.4. The van der Waals surface area contributed by atoms with Crippen molar-refractivity contribution in [2.24, 2.45) is 0 Å². The molecule has 3 unspecified atom stereocenters. The summed E-state index contributed by atoms with van der Waals surface area (Å²) in [5.74, 6) is -1.01. The third-order valence-electron chi connectivity index (χ3n) is 7.00. The van der Waals surface area contributed by atoms with Crippen LogP contribution in [-0.2, 0) is 27.2 Å². The second-order valence-electron chi connectivity index (χ2n) is 9.81. The van der Waals surface area contributed by atoms with E-state index in [1.807, 2.05) is 4.90 Å². The maximum Gasteiger partial charge on any atom is 0.326 e. The van der Waals surface area contributed by atoms with Crippen molar-refractivity contribution in [2.45, 2.75) is 63.5 Å². The SMILES string of the molecule is COC(CF)CN(CCCCc1ccc2c(n1)NCCC2)CCC(NC(=O)C(C)c1cccnc1)C(=O)O. The normalized spacial score (nSPS) is 15.3. The number of carboxylic acid groups (broad SMARTS) is 1. The Labute approximate surface area is 224 Å². The van der Waals surface area contributed by atoms with Gasteiger partial charge in [-0.05, 0) is 75.3 Å². The van der Waals surface area contributed by atoms with E-state index in [9.17, 15) is 19.1 Å². The first kappa shape index (κ1) is 29.4. The lowest BCUT2D eigenvalue weighted by Gasteiger charge is -2.27. The van der Waals surface area contributed by atoms with Crippen molar-refractivity contribution < 1.29 is 23.8 Å². The summed E-state index contributed by atoms with van der Waals surface area (Å²) in [5.41, 5.74) is 3.02. The molecule has 10 heteroatoms. The first-order valence-corrected chi connectivity index (χ1v) is 13.4. The van der Waals surface area contributed by atoms with Gasteiger partial charge in [-0.15, -0.1) is 0 Å². The molecule has 0 fully saturated rings. The topological polar surface area (TPSA) is 117 Å². The highest BCUT2D eigenvalue weighted by atomic mass is 19.1. The Morgan fingerprint density at radius 1 is 1.26 bits per heavy atom. The van der Waals surface area contributed by atoms with Crippen LogP contribution in [0.1, 0.15) is 55.3 Å². The third kappa shape index (κ3) is 9.02. The van der Waals surface area contributed by atoms with Gasteiger partial charge in [-0.25, -0.2) is 14.2 Å². The number of nitrogens with one attached hydrogen (secondary N) is 2. The number of hydrogen-bond acceptors (Lipinski definition) is 7. The Hall–Kier alpha value is -3.11. The summed E-state index contributed by atoms with van der Waals surface area (Å²) in [6, 6.07) is 6.70. The minimum atomic E-state index is -1.10. The molecule has 9 nitrogen and oxygen atoms in total. The summed E-state index contributed by atoms with van der Waals surface area (Å²) in [7, 11) is 1.47. The molecule has 0 aromatic carbocycles. The lowest BCUT2D eigenvalue weighted by molar-refractivity contribution is -0.142. The van der Waals surface area contributed by atoms with Gasteiger partial charge in [-0.1, -0.05) is 12.1 Å². The molecule has 0 spiro atoms. The number of halogens is 1. The molecular weight excluding hydrogens is 489 g/mol. The van der Waals surface area contributed by atoms with Crippen LogP contribution in [0.15, 0.2) is 36.7 Å². The number of alkyl halides is 1. The first-order chi connectivity index (χ1) is 18.4. The molecule has 0 saturated carbocycles. The number of carboxylic acids is 1. The number of ether oxygens (including phenoxy) is 1. The van der Waals surface area contributed by atoms with Crippen LogP contribution in [0.3, 0.4) is 0 Å². The van der Waals surface area contributed by atoms with Crippen LogP contribution in [0, 0.1) is 0 Å². The predicted molar refractivity (Wildman–Crippen MR) is 144 cm³/mol. The van der Waals surface area contributed by atoms with Crippen molar-refractivity contribution in [3.8, 4) is 0 Å². The number of anilines is 1. The molecule has 3 N–H and O–H groups in total. The standard InChI is InChI=1S/C28H40FN5O4/c1-20(22-8-5-13-30-18-22)27(35)33-25(28(36)37)12-16-34(19-24(17-29)38-2)15-4-3-9-23-11-10-21-7-6-14-31-26(21)32-23/h5,8,10-11,13,18,20,24-25H,3-4,6-7,9,12,14-17,19H2,1-2H3,(H,31,32)(H,33,35)(H,36,37). The number of aromatic nitrogens is 2. The van der Waals surface area contributed by atoms with Gasteiger partial charge in [0.15, 0.2) is 0 Å². The van der Waals surface area contributed by atoms with Gasteiger partial charge in [0.1, 0.15) is 18.5 Å². The highest BCUT2D eigenvalue weighted by Crippen LogP contribution is 2.20. The molecule has 0 saturated heterocycles. The molecule has 0 radical (unpaired) electrons. The average Bonchev–Trinajstić information content (AvgIpc) is 2.95. The lowest BCUT2D eigenvalue weighted by Crippen LogP contribution is -2.45. The number of aliphatic carboxylic acids is 1. The van der Waals surface area contributed by atoms with Crippen LogP contribution in [-0.4, -0.2) is 84.0 Å². The van der Waals surface area contributed by atoms with E-state index in [0.717, 1.165) is 50.2 Å². The number of carbonyl (C=O) groups excluding carboxylic acids is 1. The molecule has 2 aromatic heterocycles. The molecule has 0 aliphatic carbocycles. The Morgan fingerprint density at radius 3 is 2.82 bits per heavy atom. The van der Waals surface area contributed by atoms with Crippen LogP contribution < -0.4 is 10.6 Å². The third-order valence-corrected chi connectivity index (χ3v) is 7.00. The van der Waals surface area contributed by atoms with Gasteiger partial charge in [0.2, 0.25) is 5.91 Å². The first-order valence-electron chi connectivity index (χ1n) is 13.4. The molecule has 208 valence electrons.